The third kappa shape index (κ3) is 1.57. The first kappa shape index (κ1) is 9.73. The Morgan fingerprint density at radius 2 is 2.12 bits per heavy atom. The van der Waals surface area contributed by atoms with Gasteiger partial charge in [0.15, 0.2) is 0 Å². The van der Waals surface area contributed by atoms with E-state index in [0.717, 1.165) is 42.1 Å². The Morgan fingerprint density at radius 1 is 1.31 bits per heavy atom. The number of hydrogen-bond donors (Lipinski definition) is 3. The third-order valence-corrected chi connectivity index (χ3v) is 3.57. The topological polar surface area (TPSA) is 62.0 Å². The molecule has 2 aromatic rings. The zero-order chi connectivity index (χ0) is 11.2. The van der Waals surface area contributed by atoms with Crippen molar-refractivity contribution >= 4 is 10.9 Å². The lowest BCUT2D eigenvalue weighted by Crippen LogP contribution is -2.22. The molecule has 0 unspecified atom stereocenters. The summed E-state index contributed by atoms with van der Waals surface area (Å²) in [6.45, 7) is 0. The molecule has 3 nitrogen and oxygen atoms in total. The van der Waals surface area contributed by atoms with E-state index in [4.69, 9.17) is 5.73 Å². The normalized spacial score (nSPS) is 17.8. The number of hydrogen-bond acceptors (Lipinski definition) is 2. The molecule has 0 radical (unpaired) electrons. The van der Waals surface area contributed by atoms with Gasteiger partial charge in [0.1, 0.15) is 5.75 Å². The van der Waals surface area contributed by atoms with E-state index in [1.807, 2.05) is 24.4 Å². The molecule has 0 saturated heterocycles. The lowest BCUT2D eigenvalue weighted by atomic mass is 10.0. The minimum Gasteiger partial charge on any atom is -0.507 e. The van der Waals surface area contributed by atoms with E-state index in [-0.39, 0.29) is 5.54 Å². The van der Waals surface area contributed by atoms with Crippen LogP contribution in [0.2, 0.25) is 0 Å². The maximum Gasteiger partial charge on any atom is 0.128 e. The highest BCUT2D eigenvalue weighted by atomic mass is 16.3. The van der Waals surface area contributed by atoms with Crippen LogP contribution in [0, 0.1) is 0 Å². The number of fused-ring (bicyclic) bond motifs is 1. The monoisotopic (exact) mass is 216 g/mol. The molecule has 4 N–H and O–H groups in total. The van der Waals surface area contributed by atoms with E-state index in [1.54, 1.807) is 0 Å². The van der Waals surface area contributed by atoms with Crippen LogP contribution in [0.4, 0.5) is 0 Å². The van der Waals surface area contributed by atoms with Crippen molar-refractivity contribution in [2.24, 2.45) is 5.73 Å². The molecule has 3 rings (SSSR count). The van der Waals surface area contributed by atoms with Gasteiger partial charge in [-0.1, -0.05) is 6.07 Å². The smallest absolute Gasteiger partial charge is 0.128 e. The summed E-state index contributed by atoms with van der Waals surface area (Å²) >= 11 is 0. The minimum atomic E-state index is 0.0551. The molecular formula is C13H16N2O. The van der Waals surface area contributed by atoms with Crippen molar-refractivity contribution in [3.63, 3.8) is 0 Å². The number of aryl methyl sites for hydroxylation is 1. The number of aromatic nitrogens is 1. The summed E-state index contributed by atoms with van der Waals surface area (Å²) in [6.07, 6.45) is 5.93. The Kier molecular flexibility index (Phi) is 1.98. The molecule has 0 atom stereocenters. The van der Waals surface area contributed by atoms with Crippen molar-refractivity contribution in [2.75, 3.05) is 0 Å². The van der Waals surface area contributed by atoms with Gasteiger partial charge in [-0.3, -0.25) is 0 Å². The average molecular weight is 216 g/mol. The molecule has 3 heteroatoms. The molecular weight excluding hydrogens is 200 g/mol. The molecule has 1 aliphatic carbocycles. The number of nitrogens with one attached hydrogen (secondary N) is 1. The number of aromatic hydroxyl groups is 1. The number of phenols is 1. The Bertz CT molecular complexity index is 526. The van der Waals surface area contributed by atoms with Crippen molar-refractivity contribution in [3.8, 4) is 5.75 Å². The second kappa shape index (κ2) is 3.25. The zero-order valence-electron chi connectivity index (χ0n) is 9.16. The van der Waals surface area contributed by atoms with Crippen LogP contribution in [-0.2, 0) is 6.42 Å². The third-order valence-electron chi connectivity index (χ3n) is 3.57. The van der Waals surface area contributed by atoms with Gasteiger partial charge in [-0.25, -0.2) is 0 Å². The fourth-order valence-corrected chi connectivity index (χ4v) is 2.16. The number of rotatable bonds is 3. The summed E-state index contributed by atoms with van der Waals surface area (Å²) in [5.41, 5.74) is 8.09. The molecule has 0 amide bonds. The Balaban J connectivity index is 1.88. The van der Waals surface area contributed by atoms with Gasteiger partial charge in [0.05, 0.1) is 0 Å². The molecule has 1 heterocycles. The van der Waals surface area contributed by atoms with Crippen LogP contribution >= 0.6 is 0 Å². The van der Waals surface area contributed by atoms with Gasteiger partial charge in [-0.05, 0) is 43.4 Å². The van der Waals surface area contributed by atoms with Crippen LogP contribution in [0.1, 0.15) is 24.8 Å². The van der Waals surface area contributed by atoms with Crippen molar-refractivity contribution in [1.29, 1.82) is 0 Å². The van der Waals surface area contributed by atoms with Crippen molar-refractivity contribution < 1.29 is 5.11 Å². The van der Waals surface area contributed by atoms with Crippen LogP contribution in [0.3, 0.4) is 0 Å². The number of H-pyrrole nitrogens is 1. The fourth-order valence-electron chi connectivity index (χ4n) is 2.16. The highest BCUT2D eigenvalue weighted by Crippen LogP contribution is 2.38. The largest absolute Gasteiger partial charge is 0.507 e. The highest BCUT2D eigenvalue weighted by Gasteiger charge is 2.37. The first-order valence-corrected chi connectivity index (χ1v) is 5.75. The van der Waals surface area contributed by atoms with Gasteiger partial charge in [0.2, 0.25) is 0 Å². The molecule has 1 aromatic carbocycles. The highest BCUT2D eigenvalue weighted by molar-refractivity contribution is 5.86. The molecule has 0 spiro atoms. The van der Waals surface area contributed by atoms with Crippen LogP contribution < -0.4 is 5.73 Å². The van der Waals surface area contributed by atoms with Crippen molar-refractivity contribution in [2.45, 2.75) is 31.2 Å². The quantitative estimate of drug-likeness (QED) is 0.737. The molecule has 1 fully saturated rings. The van der Waals surface area contributed by atoms with Gasteiger partial charge >= 0.3 is 0 Å². The van der Waals surface area contributed by atoms with E-state index in [1.165, 1.54) is 0 Å². The molecule has 16 heavy (non-hydrogen) atoms. The molecule has 84 valence electrons. The zero-order valence-corrected chi connectivity index (χ0v) is 9.16. The molecule has 1 aliphatic rings. The van der Waals surface area contributed by atoms with E-state index in [2.05, 4.69) is 4.98 Å². The predicted octanol–water partition coefficient (Wildman–Crippen LogP) is 2.30. The SMILES string of the molecule is NC1(CCc2ccc3[nH]ccc3c2O)CC1. The maximum atomic E-state index is 10.1. The van der Waals surface area contributed by atoms with Gasteiger partial charge in [0.25, 0.3) is 0 Å². The van der Waals surface area contributed by atoms with Gasteiger partial charge in [-0.15, -0.1) is 0 Å². The van der Waals surface area contributed by atoms with E-state index in [9.17, 15) is 5.11 Å². The molecule has 0 bridgehead atoms. The Labute approximate surface area is 94.3 Å². The maximum absolute atomic E-state index is 10.1. The fraction of sp³-hybridized carbons (Fsp3) is 0.385. The lowest BCUT2D eigenvalue weighted by molar-refractivity contribution is 0.471. The number of nitrogens with two attached hydrogens (primary N) is 1. The number of benzene rings is 1. The summed E-state index contributed by atoms with van der Waals surface area (Å²) in [6, 6.07) is 5.91. The first-order chi connectivity index (χ1) is 7.68. The number of aromatic amines is 1. The van der Waals surface area contributed by atoms with E-state index in [0.29, 0.717) is 5.75 Å². The summed E-state index contributed by atoms with van der Waals surface area (Å²) in [5, 5.41) is 11.0. The molecule has 1 aromatic heterocycles. The second-order valence-corrected chi connectivity index (χ2v) is 4.87. The van der Waals surface area contributed by atoms with Gasteiger partial charge in [0, 0.05) is 22.6 Å². The van der Waals surface area contributed by atoms with Gasteiger partial charge in [-0.2, -0.15) is 0 Å². The summed E-state index contributed by atoms with van der Waals surface area (Å²) in [5.74, 6) is 0.406. The van der Waals surface area contributed by atoms with E-state index < -0.39 is 0 Å². The predicted molar refractivity (Wildman–Crippen MR) is 64.4 cm³/mol. The molecule has 1 saturated carbocycles. The number of phenolic OH excluding ortho intramolecular Hbond substituents is 1. The van der Waals surface area contributed by atoms with Crippen molar-refractivity contribution in [3.05, 3.63) is 30.0 Å². The summed E-state index contributed by atoms with van der Waals surface area (Å²) in [7, 11) is 0. The molecule has 0 aliphatic heterocycles. The average Bonchev–Trinajstić information content (AvgIpc) is 2.81. The Hall–Kier alpha value is -1.48. The van der Waals surface area contributed by atoms with Gasteiger partial charge < -0.3 is 15.8 Å². The lowest BCUT2D eigenvalue weighted by Gasteiger charge is -2.09. The van der Waals surface area contributed by atoms with Crippen LogP contribution in [0.25, 0.3) is 10.9 Å². The minimum absolute atomic E-state index is 0.0551. The standard InChI is InChI=1S/C13H16N2O/c14-13(6-7-13)5-3-9-1-2-11-10(12(9)16)4-8-15-11/h1-2,4,8,15-16H,3,5-7,14H2. The van der Waals surface area contributed by atoms with Crippen LogP contribution in [-0.4, -0.2) is 15.6 Å². The van der Waals surface area contributed by atoms with Crippen LogP contribution in [0.5, 0.6) is 5.75 Å². The Morgan fingerprint density at radius 3 is 2.88 bits per heavy atom. The van der Waals surface area contributed by atoms with Crippen LogP contribution in [0.15, 0.2) is 24.4 Å². The van der Waals surface area contributed by atoms with E-state index >= 15 is 0 Å². The summed E-state index contributed by atoms with van der Waals surface area (Å²) in [4.78, 5) is 3.09. The van der Waals surface area contributed by atoms with Crippen molar-refractivity contribution in [1.82, 2.24) is 4.98 Å². The second-order valence-electron chi connectivity index (χ2n) is 4.87. The first-order valence-electron chi connectivity index (χ1n) is 5.75. The summed E-state index contributed by atoms with van der Waals surface area (Å²) < 4.78 is 0.